The SMILES string of the molecule is CCOC(=O)c1nn(-c2ccccc2)cc1OCc1cc(=O)n2cc(Cl)ccc2n1. The Bertz CT molecular complexity index is 1270. The van der Waals surface area contributed by atoms with E-state index in [9.17, 15) is 9.59 Å². The second-order valence-corrected chi connectivity index (χ2v) is 6.73. The number of benzene rings is 1. The standard InChI is InChI=1S/C21H17ClN4O4/c1-2-29-21(28)20-17(12-26(24-20)16-6-4-3-5-7-16)30-13-15-10-19(27)25-11-14(22)8-9-18(25)23-15/h3-12H,2,13H2,1H3. The average Bonchev–Trinajstić information content (AvgIpc) is 3.18. The zero-order chi connectivity index (χ0) is 21.1. The molecule has 30 heavy (non-hydrogen) atoms. The zero-order valence-corrected chi connectivity index (χ0v) is 16.7. The number of fused-ring (bicyclic) bond motifs is 1. The third-order valence-electron chi connectivity index (χ3n) is 4.22. The predicted octanol–water partition coefficient (Wildman–Crippen LogP) is 3.29. The van der Waals surface area contributed by atoms with Gasteiger partial charge in [-0.25, -0.2) is 14.5 Å². The molecule has 4 aromatic rings. The van der Waals surface area contributed by atoms with Gasteiger partial charge in [0.2, 0.25) is 5.69 Å². The van der Waals surface area contributed by atoms with Gasteiger partial charge in [0.05, 0.1) is 29.2 Å². The zero-order valence-electron chi connectivity index (χ0n) is 16.0. The first-order chi connectivity index (χ1) is 14.5. The number of hydrogen-bond donors (Lipinski definition) is 0. The fourth-order valence-corrected chi connectivity index (χ4v) is 3.03. The van der Waals surface area contributed by atoms with Gasteiger partial charge < -0.3 is 9.47 Å². The molecule has 0 bridgehead atoms. The van der Waals surface area contributed by atoms with Crippen LogP contribution in [0.1, 0.15) is 23.1 Å². The lowest BCUT2D eigenvalue weighted by Crippen LogP contribution is -2.16. The maximum atomic E-state index is 12.3. The van der Waals surface area contributed by atoms with Crippen LogP contribution in [-0.2, 0) is 11.3 Å². The number of carbonyl (C=O) groups excluding carboxylic acids is 1. The van der Waals surface area contributed by atoms with Crippen LogP contribution >= 0.6 is 11.6 Å². The van der Waals surface area contributed by atoms with E-state index in [0.717, 1.165) is 5.69 Å². The Morgan fingerprint density at radius 2 is 1.93 bits per heavy atom. The fourth-order valence-electron chi connectivity index (χ4n) is 2.87. The van der Waals surface area contributed by atoms with Crippen molar-refractivity contribution in [3.8, 4) is 11.4 Å². The van der Waals surface area contributed by atoms with Crippen LogP contribution < -0.4 is 10.3 Å². The van der Waals surface area contributed by atoms with Crippen molar-refractivity contribution >= 4 is 23.2 Å². The largest absolute Gasteiger partial charge is 0.483 e. The lowest BCUT2D eigenvalue weighted by atomic mass is 10.3. The van der Waals surface area contributed by atoms with E-state index in [-0.39, 0.29) is 30.2 Å². The molecule has 8 nitrogen and oxygen atoms in total. The first kappa shape index (κ1) is 19.7. The Morgan fingerprint density at radius 1 is 1.13 bits per heavy atom. The number of carbonyl (C=O) groups is 1. The molecule has 3 aromatic heterocycles. The summed E-state index contributed by atoms with van der Waals surface area (Å²) in [5, 5.41) is 4.74. The first-order valence-corrected chi connectivity index (χ1v) is 9.56. The lowest BCUT2D eigenvalue weighted by molar-refractivity contribution is 0.0514. The van der Waals surface area contributed by atoms with Crippen LogP contribution in [0.4, 0.5) is 0 Å². The second-order valence-electron chi connectivity index (χ2n) is 6.29. The fraction of sp³-hybridized carbons (Fsp3) is 0.143. The van der Waals surface area contributed by atoms with Gasteiger partial charge in [0.1, 0.15) is 12.3 Å². The van der Waals surface area contributed by atoms with Crippen LogP contribution in [0.15, 0.2) is 65.7 Å². The van der Waals surface area contributed by atoms with Crippen molar-refractivity contribution in [3.05, 3.63) is 87.7 Å². The van der Waals surface area contributed by atoms with E-state index in [1.807, 2.05) is 30.3 Å². The van der Waals surface area contributed by atoms with E-state index in [4.69, 9.17) is 21.1 Å². The van der Waals surface area contributed by atoms with Gasteiger partial charge in [0.25, 0.3) is 5.56 Å². The molecule has 1 aromatic carbocycles. The van der Waals surface area contributed by atoms with E-state index < -0.39 is 5.97 Å². The molecule has 0 fully saturated rings. The van der Waals surface area contributed by atoms with Gasteiger partial charge in [-0.2, -0.15) is 5.10 Å². The highest BCUT2D eigenvalue weighted by atomic mass is 35.5. The molecule has 0 unspecified atom stereocenters. The quantitative estimate of drug-likeness (QED) is 0.441. The van der Waals surface area contributed by atoms with E-state index in [0.29, 0.717) is 16.4 Å². The molecule has 0 spiro atoms. The Balaban J connectivity index is 1.64. The molecule has 0 aliphatic heterocycles. The number of nitrogens with zero attached hydrogens (tertiary/aromatic N) is 4. The molecule has 0 radical (unpaired) electrons. The van der Waals surface area contributed by atoms with Crippen molar-refractivity contribution in [1.29, 1.82) is 0 Å². The molecule has 0 saturated heterocycles. The van der Waals surface area contributed by atoms with Gasteiger partial charge in [0, 0.05) is 12.3 Å². The van der Waals surface area contributed by atoms with Crippen LogP contribution in [-0.4, -0.2) is 31.7 Å². The molecule has 3 heterocycles. The molecule has 0 atom stereocenters. The number of ether oxygens (including phenoxy) is 2. The number of aromatic nitrogens is 4. The maximum Gasteiger partial charge on any atom is 0.362 e. The molecule has 0 saturated carbocycles. The van der Waals surface area contributed by atoms with Crippen LogP contribution in [0.25, 0.3) is 11.3 Å². The highest BCUT2D eigenvalue weighted by Gasteiger charge is 2.20. The summed E-state index contributed by atoms with van der Waals surface area (Å²) in [4.78, 5) is 29.1. The number of para-hydroxylation sites is 1. The molecule has 9 heteroatoms. The van der Waals surface area contributed by atoms with Gasteiger partial charge in [0.15, 0.2) is 5.75 Å². The van der Waals surface area contributed by atoms with Gasteiger partial charge in [-0.15, -0.1) is 0 Å². The normalized spacial score (nSPS) is 10.9. The van der Waals surface area contributed by atoms with Crippen molar-refractivity contribution < 1.29 is 14.3 Å². The molecule has 152 valence electrons. The molecule has 0 aliphatic carbocycles. The molecule has 0 aliphatic rings. The summed E-state index contributed by atoms with van der Waals surface area (Å²) < 4.78 is 13.8. The summed E-state index contributed by atoms with van der Waals surface area (Å²) >= 11 is 5.93. The lowest BCUT2D eigenvalue weighted by Gasteiger charge is -2.07. The molecular weight excluding hydrogens is 408 g/mol. The third-order valence-corrected chi connectivity index (χ3v) is 4.45. The summed E-state index contributed by atoms with van der Waals surface area (Å²) in [5.74, 6) is -0.362. The third kappa shape index (κ3) is 4.04. The Kier molecular flexibility index (Phi) is 5.49. The number of hydrogen-bond acceptors (Lipinski definition) is 6. The smallest absolute Gasteiger partial charge is 0.362 e. The van der Waals surface area contributed by atoms with Gasteiger partial charge >= 0.3 is 5.97 Å². The maximum absolute atomic E-state index is 12.3. The molecule has 0 N–H and O–H groups in total. The number of pyridine rings is 1. The molecule has 4 rings (SSSR count). The molecule has 0 amide bonds. The van der Waals surface area contributed by atoms with Crippen molar-refractivity contribution in [2.45, 2.75) is 13.5 Å². The van der Waals surface area contributed by atoms with Crippen molar-refractivity contribution in [2.75, 3.05) is 6.61 Å². The summed E-state index contributed by atoms with van der Waals surface area (Å²) in [7, 11) is 0. The highest BCUT2D eigenvalue weighted by molar-refractivity contribution is 6.30. The average molecular weight is 425 g/mol. The minimum absolute atomic E-state index is 0.0265. The summed E-state index contributed by atoms with van der Waals surface area (Å²) in [5.41, 5.74) is 1.37. The van der Waals surface area contributed by atoms with Crippen LogP contribution in [0, 0.1) is 0 Å². The van der Waals surface area contributed by atoms with Crippen molar-refractivity contribution in [1.82, 2.24) is 19.2 Å². The minimum atomic E-state index is -0.594. The second kappa shape index (κ2) is 8.38. The van der Waals surface area contributed by atoms with E-state index >= 15 is 0 Å². The topological polar surface area (TPSA) is 87.7 Å². The number of halogens is 1. The van der Waals surface area contributed by atoms with Gasteiger partial charge in [-0.3, -0.25) is 9.20 Å². The van der Waals surface area contributed by atoms with Gasteiger partial charge in [-0.1, -0.05) is 29.8 Å². The van der Waals surface area contributed by atoms with Crippen LogP contribution in [0.3, 0.4) is 0 Å². The Hall–Kier alpha value is -3.65. The Labute approximate surface area is 176 Å². The predicted molar refractivity (Wildman–Crippen MR) is 110 cm³/mol. The summed E-state index contributed by atoms with van der Waals surface area (Å²) in [6.07, 6.45) is 3.09. The molecular formula is C21H17ClN4O4. The summed E-state index contributed by atoms with van der Waals surface area (Å²) in [6.45, 7) is 1.90. The highest BCUT2D eigenvalue weighted by Crippen LogP contribution is 2.22. The van der Waals surface area contributed by atoms with Crippen LogP contribution in [0.5, 0.6) is 5.75 Å². The first-order valence-electron chi connectivity index (χ1n) is 9.18. The number of rotatable bonds is 6. The van der Waals surface area contributed by atoms with E-state index in [2.05, 4.69) is 10.1 Å². The Morgan fingerprint density at radius 3 is 2.70 bits per heavy atom. The minimum Gasteiger partial charge on any atom is -0.483 e. The van der Waals surface area contributed by atoms with E-state index in [1.165, 1.54) is 21.3 Å². The number of esters is 1. The van der Waals surface area contributed by atoms with E-state index in [1.54, 1.807) is 25.3 Å². The van der Waals surface area contributed by atoms with Crippen molar-refractivity contribution in [2.24, 2.45) is 0 Å². The van der Waals surface area contributed by atoms with Gasteiger partial charge in [-0.05, 0) is 31.2 Å². The summed E-state index contributed by atoms with van der Waals surface area (Å²) in [6, 6.07) is 14.0. The van der Waals surface area contributed by atoms with Crippen LogP contribution in [0.2, 0.25) is 5.02 Å². The van der Waals surface area contributed by atoms with Crippen molar-refractivity contribution in [3.63, 3.8) is 0 Å². The monoisotopic (exact) mass is 424 g/mol.